The molecule has 0 spiro atoms. The van der Waals surface area contributed by atoms with Gasteiger partial charge >= 0.3 is 5.97 Å². The Kier molecular flexibility index (Phi) is 4.90. The molecule has 2 rings (SSSR count). The van der Waals surface area contributed by atoms with Crippen molar-refractivity contribution in [3.63, 3.8) is 0 Å². The molecule has 0 amide bonds. The molecule has 0 saturated heterocycles. The van der Waals surface area contributed by atoms with E-state index in [1.165, 1.54) is 25.3 Å². The molecular weight excluding hydrogens is 273 g/mol. The maximum atomic E-state index is 13.2. The fraction of sp³-hybridized carbons (Fsp3) is 0.188. The highest BCUT2D eigenvalue weighted by atomic mass is 19.1. The Bertz CT molecular complexity index is 616. The topological polar surface area (TPSA) is 58.6 Å². The molecule has 110 valence electrons. The lowest BCUT2D eigenvalue weighted by Crippen LogP contribution is -2.29. The molecule has 5 heteroatoms. The van der Waals surface area contributed by atoms with Crippen LogP contribution in [-0.4, -0.2) is 18.2 Å². The quantitative estimate of drug-likeness (QED) is 0.830. The van der Waals surface area contributed by atoms with Crippen molar-refractivity contribution in [3.05, 3.63) is 65.5 Å². The Hall–Kier alpha value is -2.40. The average molecular weight is 289 g/mol. The molecule has 2 N–H and O–H groups in total. The lowest BCUT2D eigenvalue weighted by molar-refractivity contribution is -0.143. The number of benzene rings is 2. The summed E-state index contributed by atoms with van der Waals surface area (Å²) in [6, 6.07) is 12.0. The van der Waals surface area contributed by atoms with E-state index in [4.69, 9.17) is 4.74 Å². The molecule has 4 nitrogen and oxygen atoms in total. The lowest BCUT2D eigenvalue weighted by atomic mass is 10.1. The van der Waals surface area contributed by atoms with Crippen LogP contribution in [-0.2, 0) is 16.1 Å². The lowest BCUT2D eigenvalue weighted by Gasteiger charge is -2.17. The van der Waals surface area contributed by atoms with Crippen LogP contribution in [0.15, 0.2) is 48.5 Å². The van der Waals surface area contributed by atoms with Crippen molar-refractivity contribution in [1.82, 2.24) is 5.32 Å². The molecule has 21 heavy (non-hydrogen) atoms. The maximum Gasteiger partial charge on any atom is 0.327 e. The van der Waals surface area contributed by atoms with Gasteiger partial charge in [-0.25, -0.2) is 9.18 Å². The van der Waals surface area contributed by atoms with Crippen LogP contribution in [0.2, 0.25) is 0 Å². The van der Waals surface area contributed by atoms with Gasteiger partial charge in [-0.2, -0.15) is 0 Å². The maximum absolute atomic E-state index is 13.2. The summed E-state index contributed by atoms with van der Waals surface area (Å²) in [6.07, 6.45) is 0. The van der Waals surface area contributed by atoms with Crippen molar-refractivity contribution < 1.29 is 19.0 Å². The van der Waals surface area contributed by atoms with Crippen LogP contribution in [0.5, 0.6) is 5.75 Å². The third-order valence-electron chi connectivity index (χ3n) is 3.11. The first-order valence-corrected chi connectivity index (χ1v) is 6.45. The van der Waals surface area contributed by atoms with Gasteiger partial charge in [0.05, 0.1) is 7.11 Å². The average Bonchev–Trinajstić information content (AvgIpc) is 2.51. The first-order chi connectivity index (χ1) is 10.1. The molecular formula is C16H16FNO3. The molecule has 0 saturated carbocycles. The first-order valence-electron chi connectivity index (χ1n) is 6.45. The first kappa shape index (κ1) is 15.0. The molecule has 2 aromatic rings. The largest absolute Gasteiger partial charge is 0.508 e. The van der Waals surface area contributed by atoms with Crippen molar-refractivity contribution >= 4 is 5.97 Å². The van der Waals surface area contributed by atoms with E-state index >= 15 is 0 Å². The van der Waals surface area contributed by atoms with Gasteiger partial charge in [-0.3, -0.25) is 5.32 Å². The number of phenolic OH excluding ortho intramolecular Hbond substituents is 1. The standard InChI is InChI=1S/C16H16FNO3/c1-21-16(20)15(11-5-3-2-4-6-11)18-10-12-9-13(17)7-8-14(12)19/h2-9,15,18-19H,10H2,1H3/t15-/m0/s1. The minimum Gasteiger partial charge on any atom is -0.508 e. The van der Waals surface area contributed by atoms with E-state index in [0.29, 0.717) is 5.56 Å². The summed E-state index contributed by atoms with van der Waals surface area (Å²) in [7, 11) is 1.31. The third-order valence-corrected chi connectivity index (χ3v) is 3.11. The fourth-order valence-electron chi connectivity index (χ4n) is 2.01. The molecule has 0 unspecified atom stereocenters. The molecule has 0 fully saturated rings. The number of aromatic hydroxyl groups is 1. The summed E-state index contributed by atoms with van der Waals surface area (Å²) in [5.74, 6) is -0.920. The Balaban J connectivity index is 2.16. The zero-order chi connectivity index (χ0) is 15.2. The highest BCUT2D eigenvalue weighted by Gasteiger charge is 2.21. The Morgan fingerprint density at radius 3 is 2.67 bits per heavy atom. The van der Waals surface area contributed by atoms with Gasteiger partial charge in [0.25, 0.3) is 0 Å². The number of halogens is 1. The number of esters is 1. The molecule has 2 aromatic carbocycles. The second-order valence-electron chi connectivity index (χ2n) is 4.52. The number of nitrogens with one attached hydrogen (secondary N) is 1. The Morgan fingerprint density at radius 1 is 1.29 bits per heavy atom. The molecule has 1 atom stereocenters. The molecule has 0 radical (unpaired) electrons. The molecule has 0 aliphatic carbocycles. The Morgan fingerprint density at radius 2 is 2.00 bits per heavy atom. The van der Waals surface area contributed by atoms with Crippen LogP contribution in [0, 0.1) is 5.82 Å². The van der Waals surface area contributed by atoms with Crippen LogP contribution in [0.3, 0.4) is 0 Å². The van der Waals surface area contributed by atoms with Gasteiger partial charge < -0.3 is 9.84 Å². The number of phenols is 1. The van der Waals surface area contributed by atoms with Crippen LogP contribution in [0.25, 0.3) is 0 Å². The van der Waals surface area contributed by atoms with Gasteiger partial charge in [0.2, 0.25) is 0 Å². The predicted octanol–water partition coefficient (Wildman–Crippen LogP) is 2.54. The number of hydrogen-bond acceptors (Lipinski definition) is 4. The summed E-state index contributed by atoms with van der Waals surface area (Å²) in [4.78, 5) is 11.9. The number of methoxy groups -OCH3 is 1. The SMILES string of the molecule is COC(=O)[C@@H](NCc1cc(F)ccc1O)c1ccccc1. The molecule has 0 heterocycles. The monoisotopic (exact) mass is 289 g/mol. The number of ether oxygens (including phenoxy) is 1. The third kappa shape index (κ3) is 3.79. The Labute approximate surface area is 122 Å². The minimum atomic E-state index is -0.682. The van der Waals surface area contributed by atoms with Crippen molar-refractivity contribution in [3.8, 4) is 5.75 Å². The van der Waals surface area contributed by atoms with Crippen molar-refractivity contribution in [1.29, 1.82) is 0 Å². The second-order valence-corrected chi connectivity index (χ2v) is 4.52. The van der Waals surface area contributed by atoms with Crippen LogP contribution < -0.4 is 5.32 Å². The highest BCUT2D eigenvalue weighted by Crippen LogP contribution is 2.20. The highest BCUT2D eigenvalue weighted by molar-refractivity contribution is 5.77. The van der Waals surface area contributed by atoms with E-state index in [1.807, 2.05) is 18.2 Å². The number of carbonyl (C=O) groups excluding carboxylic acids is 1. The van der Waals surface area contributed by atoms with E-state index in [1.54, 1.807) is 12.1 Å². The second kappa shape index (κ2) is 6.85. The molecule has 0 aliphatic rings. The van der Waals surface area contributed by atoms with Crippen LogP contribution in [0.1, 0.15) is 17.2 Å². The normalized spacial score (nSPS) is 11.9. The van der Waals surface area contributed by atoms with Crippen molar-refractivity contribution in [2.24, 2.45) is 0 Å². The molecule has 0 aliphatic heterocycles. The smallest absolute Gasteiger partial charge is 0.327 e. The zero-order valence-electron chi connectivity index (χ0n) is 11.5. The molecule has 0 bridgehead atoms. The zero-order valence-corrected chi connectivity index (χ0v) is 11.5. The number of hydrogen-bond donors (Lipinski definition) is 2. The van der Waals surface area contributed by atoms with E-state index in [2.05, 4.69) is 5.32 Å². The van der Waals surface area contributed by atoms with Crippen LogP contribution >= 0.6 is 0 Å². The van der Waals surface area contributed by atoms with E-state index in [0.717, 1.165) is 5.56 Å². The van der Waals surface area contributed by atoms with E-state index < -0.39 is 17.8 Å². The van der Waals surface area contributed by atoms with Gasteiger partial charge in [-0.05, 0) is 23.8 Å². The number of carbonyl (C=O) groups is 1. The number of rotatable bonds is 5. The summed E-state index contributed by atoms with van der Waals surface area (Å²) >= 11 is 0. The summed E-state index contributed by atoms with van der Waals surface area (Å²) in [5, 5.41) is 12.7. The minimum absolute atomic E-state index is 0.0272. The predicted molar refractivity (Wildman–Crippen MR) is 76.1 cm³/mol. The van der Waals surface area contributed by atoms with Crippen LogP contribution in [0.4, 0.5) is 4.39 Å². The summed E-state index contributed by atoms with van der Waals surface area (Å²) in [5.41, 5.74) is 1.11. The summed E-state index contributed by atoms with van der Waals surface area (Å²) < 4.78 is 18.0. The molecule has 0 aromatic heterocycles. The summed E-state index contributed by atoms with van der Waals surface area (Å²) in [6.45, 7) is 0.137. The van der Waals surface area contributed by atoms with Gasteiger partial charge in [0.1, 0.15) is 17.6 Å². The van der Waals surface area contributed by atoms with Crippen molar-refractivity contribution in [2.45, 2.75) is 12.6 Å². The van der Waals surface area contributed by atoms with Gasteiger partial charge in [-0.15, -0.1) is 0 Å². The van der Waals surface area contributed by atoms with Gasteiger partial charge in [-0.1, -0.05) is 30.3 Å². The van der Waals surface area contributed by atoms with Gasteiger partial charge in [0, 0.05) is 12.1 Å². The van der Waals surface area contributed by atoms with E-state index in [9.17, 15) is 14.3 Å². The van der Waals surface area contributed by atoms with E-state index in [-0.39, 0.29) is 12.3 Å². The van der Waals surface area contributed by atoms with Gasteiger partial charge in [0.15, 0.2) is 0 Å². The van der Waals surface area contributed by atoms with Crippen molar-refractivity contribution in [2.75, 3.05) is 7.11 Å². The fourth-order valence-corrected chi connectivity index (χ4v) is 2.01.